The SMILES string of the molecule is CCCCCCCCCCCCOC(=O)[C@@H]1CC([Si](C)(C)CCCCCCCCCCCC)=C(SCCN(C)C)C[C@H]1C(=O)OCCN(C)C. The maximum absolute atomic E-state index is 13.8. The minimum absolute atomic E-state index is 0.186. The summed E-state index contributed by atoms with van der Waals surface area (Å²) in [6, 6.07) is 1.24. The molecule has 1 aliphatic rings. The number of unbranched alkanes of at least 4 members (excludes halogenated alkanes) is 18. The lowest BCUT2D eigenvalue weighted by molar-refractivity contribution is -0.161. The number of carbonyl (C=O) groups is 2. The molecular weight excluding hydrogens is 657 g/mol. The highest BCUT2D eigenvalue weighted by atomic mass is 32.2. The predicted molar refractivity (Wildman–Crippen MR) is 221 cm³/mol. The van der Waals surface area contributed by atoms with Gasteiger partial charge in [-0.1, -0.05) is 160 Å². The van der Waals surface area contributed by atoms with Crippen molar-refractivity contribution >= 4 is 31.8 Å². The van der Waals surface area contributed by atoms with Crippen LogP contribution in [0, 0.1) is 11.8 Å². The number of ether oxygens (including phenoxy) is 2. The van der Waals surface area contributed by atoms with Crippen LogP contribution in [0.5, 0.6) is 0 Å². The van der Waals surface area contributed by atoms with Gasteiger partial charge in [-0.3, -0.25) is 9.59 Å². The fraction of sp³-hybridized carbons (Fsp3) is 0.905. The lowest BCUT2D eigenvalue weighted by atomic mass is 9.82. The zero-order chi connectivity index (χ0) is 37.0. The summed E-state index contributed by atoms with van der Waals surface area (Å²) in [6.45, 7) is 12.0. The molecular formula is C42H82N2O4SSi. The topological polar surface area (TPSA) is 59.1 Å². The number of rotatable bonds is 32. The normalized spacial score (nSPS) is 16.8. The zero-order valence-electron chi connectivity index (χ0n) is 34.4. The molecule has 0 aromatic carbocycles. The molecule has 1 aliphatic carbocycles. The number of hydrogen-bond acceptors (Lipinski definition) is 7. The highest BCUT2D eigenvalue weighted by Crippen LogP contribution is 2.45. The molecule has 8 heteroatoms. The molecule has 0 fully saturated rings. The van der Waals surface area contributed by atoms with Crippen LogP contribution in [-0.4, -0.2) is 90.1 Å². The number of hydrogen-bond donors (Lipinski definition) is 0. The average Bonchev–Trinajstić information content (AvgIpc) is 3.07. The van der Waals surface area contributed by atoms with Gasteiger partial charge in [0.05, 0.1) is 26.5 Å². The molecule has 50 heavy (non-hydrogen) atoms. The van der Waals surface area contributed by atoms with E-state index in [4.69, 9.17) is 9.47 Å². The second kappa shape index (κ2) is 29.6. The molecule has 0 radical (unpaired) electrons. The Labute approximate surface area is 316 Å². The number of likely N-dealkylation sites (N-methyl/N-ethyl adjacent to an activating group) is 1. The van der Waals surface area contributed by atoms with Gasteiger partial charge >= 0.3 is 11.9 Å². The van der Waals surface area contributed by atoms with Crippen LogP contribution in [0.3, 0.4) is 0 Å². The van der Waals surface area contributed by atoms with Gasteiger partial charge in [0.25, 0.3) is 0 Å². The molecule has 0 spiro atoms. The van der Waals surface area contributed by atoms with Gasteiger partial charge in [0.1, 0.15) is 6.61 Å². The smallest absolute Gasteiger partial charge is 0.310 e. The first-order valence-corrected chi connectivity index (χ1v) is 25.2. The van der Waals surface area contributed by atoms with Gasteiger partial charge in [0.15, 0.2) is 0 Å². The zero-order valence-corrected chi connectivity index (χ0v) is 36.2. The second-order valence-electron chi connectivity index (χ2n) is 16.3. The van der Waals surface area contributed by atoms with E-state index in [0.29, 0.717) is 32.6 Å². The number of thioether (sulfide) groups is 1. The van der Waals surface area contributed by atoms with Gasteiger partial charge in [0, 0.05) is 18.8 Å². The van der Waals surface area contributed by atoms with Crippen LogP contribution in [0.2, 0.25) is 19.1 Å². The predicted octanol–water partition coefficient (Wildman–Crippen LogP) is 11.3. The van der Waals surface area contributed by atoms with E-state index in [2.05, 4.69) is 45.9 Å². The minimum atomic E-state index is -1.81. The van der Waals surface area contributed by atoms with Crippen molar-refractivity contribution in [2.75, 3.05) is 60.2 Å². The average molecular weight is 739 g/mol. The molecule has 0 unspecified atom stereocenters. The molecule has 2 atom stereocenters. The van der Waals surface area contributed by atoms with Gasteiger partial charge in [0.2, 0.25) is 0 Å². The summed E-state index contributed by atoms with van der Waals surface area (Å²) >= 11 is 1.92. The Kier molecular flexibility index (Phi) is 27.9. The summed E-state index contributed by atoms with van der Waals surface area (Å²) in [5, 5.41) is 1.51. The first kappa shape index (κ1) is 47.2. The Morgan fingerprint density at radius 1 is 0.600 bits per heavy atom. The van der Waals surface area contributed by atoms with Gasteiger partial charge in [-0.15, -0.1) is 11.8 Å². The van der Waals surface area contributed by atoms with E-state index in [1.165, 1.54) is 132 Å². The van der Waals surface area contributed by atoms with E-state index >= 15 is 0 Å². The second-order valence-corrected chi connectivity index (χ2v) is 22.4. The Bertz CT molecular complexity index is 910. The number of esters is 2. The number of allylic oxidation sites excluding steroid dienone is 2. The number of carbonyl (C=O) groups excluding carboxylic acids is 2. The van der Waals surface area contributed by atoms with Crippen molar-refractivity contribution in [2.24, 2.45) is 11.8 Å². The first-order chi connectivity index (χ1) is 24.0. The molecule has 0 N–H and O–H groups in total. The van der Waals surface area contributed by atoms with Crippen LogP contribution in [0.25, 0.3) is 0 Å². The van der Waals surface area contributed by atoms with E-state index in [-0.39, 0.29) is 11.9 Å². The molecule has 0 aromatic heterocycles. The van der Waals surface area contributed by atoms with Crippen LogP contribution >= 0.6 is 11.8 Å². The maximum atomic E-state index is 13.8. The van der Waals surface area contributed by atoms with Crippen LogP contribution < -0.4 is 0 Å². The van der Waals surface area contributed by atoms with Gasteiger partial charge in [-0.05, 0) is 52.4 Å². The standard InChI is InChI=1S/C42H82N2O4SSi/c1-9-11-13-15-17-19-21-23-25-27-31-47-42(46)38-36-40(50(7,8)34-28-26-24-22-20-18-16-14-12-10-2)39(49-33-30-44(5)6)35-37(38)41(45)48-32-29-43(3)4/h37-38H,9-36H2,1-8H3/t37-,38-/m1/s1. The molecule has 0 aliphatic heterocycles. The van der Waals surface area contributed by atoms with E-state index in [1.54, 1.807) is 0 Å². The fourth-order valence-corrected chi connectivity index (χ4v) is 12.5. The largest absolute Gasteiger partial charge is 0.465 e. The summed E-state index contributed by atoms with van der Waals surface area (Å²) in [4.78, 5) is 33.1. The van der Waals surface area contributed by atoms with Crippen LogP contribution in [0.1, 0.15) is 155 Å². The lowest BCUT2D eigenvalue weighted by Crippen LogP contribution is -2.41. The van der Waals surface area contributed by atoms with E-state index in [9.17, 15) is 9.59 Å². The van der Waals surface area contributed by atoms with Crippen molar-refractivity contribution in [3.8, 4) is 0 Å². The monoisotopic (exact) mass is 739 g/mol. The molecule has 294 valence electrons. The molecule has 0 aromatic rings. The molecule has 0 amide bonds. The highest BCUT2D eigenvalue weighted by molar-refractivity contribution is 8.03. The maximum Gasteiger partial charge on any atom is 0.310 e. The van der Waals surface area contributed by atoms with Crippen molar-refractivity contribution in [3.05, 3.63) is 10.1 Å². The van der Waals surface area contributed by atoms with Gasteiger partial charge < -0.3 is 19.3 Å². The fourth-order valence-electron chi connectivity index (χ4n) is 7.10. The molecule has 0 saturated heterocycles. The molecule has 0 saturated carbocycles. The quantitative estimate of drug-likeness (QED) is 0.0387. The van der Waals surface area contributed by atoms with E-state index in [0.717, 1.165) is 25.1 Å². The van der Waals surface area contributed by atoms with Crippen molar-refractivity contribution in [1.29, 1.82) is 0 Å². The van der Waals surface area contributed by atoms with Crippen molar-refractivity contribution < 1.29 is 19.1 Å². The Morgan fingerprint density at radius 2 is 1.02 bits per heavy atom. The molecule has 6 nitrogen and oxygen atoms in total. The lowest BCUT2D eigenvalue weighted by Gasteiger charge is -2.38. The van der Waals surface area contributed by atoms with E-state index < -0.39 is 19.9 Å². The van der Waals surface area contributed by atoms with Crippen molar-refractivity contribution in [1.82, 2.24) is 9.80 Å². The Balaban J connectivity index is 2.91. The molecule has 1 rings (SSSR count). The van der Waals surface area contributed by atoms with Crippen LogP contribution in [0.4, 0.5) is 0 Å². The molecule has 0 heterocycles. The first-order valence-electron chi connectivity index (χ1n) is 21.0. The van der Waals surface area contributed by atoms with Crippen LogP contribution in [0.15, 0.2) is 10.1 Å². The third-order valence-electron chi connectivity index (χ3n) is 10.6. The summed E-state index contributed by atoms with van der Waals surface area (Å²) in [6.07, 6.45) is 27.2. The summed E-state index contributed by atoms with van der Waals surface area (Å²) < 4.78 is 11.8. The summed E-state index contributed by atoms with van der Waals surface area (Å²) in [5.41, 5.74) is 0. The molecule has 0 bridgehead atoms. The van der Waals surface area contributed by atoms with Gasteiger partial charge in [-0.2, -0.15) is 0 Å². The summed E-state index contributed by atoms with van der Waals surface area (Å²) in [5.74, 6) is -0.339. The van der Waals surface area contributed by atoms with Crippen molar-refractivity contribution in [3.63, 3.8) is 0 Å². The highest BCUT2D eigenvalue weighted by Gasteiger charge is 2.44. The Hall–Kier alpha value is -0.833. The Morgan fingerprint density at radius 3 is 1.50 bits per heavy atom. The minimum Gasteiger partial charge on any atom is -0.465 e. The van der Waals surface area contributed by atoms with E-state index in [1.807, 2.05) is 30.8 Å². The van der Waals surface area contributed by atoms with Gasteiger partial charge in [-0.25, -0.2) is 0 Å². The van der Waals surface area contributed by atoms with Crippen molar-refractivity contribution in [2.45, 2.75) is 174 Å². The third-order valence-corrected chi connectivity index (χ3v) is 15.6. The third kappa shape index (κ3) is 22.3. The number of nitrogens with zero attached hydrogens (tertiary/aromatic N) is 2. The summed E-state index contributed by atoms with van der Waals surface area (Å²) in [7, 11) is 6.39. The van der Waals surface area contributed by atoms with Crippen LogP contribution in [-0.2, 0) is 19.1 Å².